The lowest BCUT2D eigenvalue weighted by molar-refractivity contribution is -0.117. The molecule has 7 heteroatoms. The standard InChI is InChI=1S/C20H24N2O4S/c1-2-17(15-8-4-3-5-9-15)20(24)21-18-14-16(10-11-19(18)23)27(25,26)22-12-6-7-13-22/h3-5,8-11,14,17,23H,2,6-7,12-13H2,1H3,(H,21,24). The van der Waals surface area contributed by atoms with Gasteiger partial charge in [0.25, 0.3) is 0 Å². The molecule has 2 N–H and O–H groups in total. The molecule has 0 saturated carbocycles. The van der Waals surface area contributed by atoms with Crippen molar-refractivity contribution < 1.29 is 18.3 Å². The minimum atomic E-state index is -3.62. The topological polar surface area (TPSA) is 86.7 Å². The number of hydrogen-bond acceptors (Lipinski definition) is 4. The van der Waals surface area contributed by atoms with Gasteiger partial charge >= 0.3 is 0 Å². The van der Waals surface area contributed by atoms with Crippen molar-refractivity contribution in [2.24, 2.45) is 0 Å². The first-order valence-electron chi connectivity index (χ1n) is 9.12. The first-order valence-corrected chi connectivity index (χ1v) is 10.6. The summed E-state index contributed by atoms with van der Waals surface area (Å²) in [7, 11) is -3.62. The maximum absolute atomic E-state index is 12.7. The van der Waals surface area contributed by atoms with E-state index < -0.39 is 10.0 Å². The molecule has 0 spiro atoms. The average Bonchev–Trinajstić information content (AvgIpc) is 3.20. The summed E-state index contributed by atoms with van der Waals surface area (Å²) in [6.07, 6.45) is 2.27. The molecule has 1 saturated heterocycles. The third-order valence-electron chi connectivity index (χ3n) is 4.86. The summed E-state index contributed by atoms with van der Waals surface area (Å²) in [6.45, 7) is 2.90. The second-order valence-corrected chi connectivity index (χ2v) is 8.59. The molecule has 0 bridgehead atoms. The van der Waals surface area contributed by atoms with Crippen molar-refractivity contribution in [2.75, 3.05) is 18.4 Å². The molecule has 1 aliphatic heterocycles. The maximum atomic E-state index is 12.7. The Hall–Kier alpha value is -2.38. The van der Waals surface area contributed by atoms with Gasteiger partial charge in [0.15, 0.2) is 0 Å². The highest BCUT2D eigenvalue weighted by Crippen LogP contribution is 2.31. The quantitative estimate of drug-likeness (QED) is 0.744. The van der Waals surface area contributed by atoms with Crippen LogP contribution in [0.25, 0.3) is 0 Å². The van der Waals surface area contributed by atoms with E-state index in [4.69, 9.17) is 0 Å². The second kappa shape index (κ2) is 8.10. The SMILES string of the molecule is CCC(C(=O)Nc1cc(S(=O)(=O)N2CCCC2)ccc1O)c1ccccc1. The van der Waals surface area contributed by atoms with E-state index in [9.17, 15) is 18.3 Å². The van der Waals surface area contributed by atoms with Crippen molar-refractivity contribution in [1.82, 2.24) is 4.31 Å². The zero-order valence-corrected chi connectivity index (χ0v) is 16.1. The number of phenolic OH excluding ortho intramolecular Hbond substituents is 1. The number of amides is 1. The zero-order valence-electron chi connectivity index (χ0n) is 15.3. The molecule has 1 heterocycles. The molecule has 2 aromatic rings. The summed E-state index contributed by atoms with van der Waals surface area (Å²) in [5.74, 6) is -0.828. The van der Waals surface area contributed by atoms with E-state index in [1.807, 2.05) is 37.3 Å². The third kappa shape index (κ3) is 4.14. The molecule has 3 rings (SSSR count). The van der Waals surface area contributed by atoms with Crippen molar-refractivity contribution in [3.05, 3.63) is 54.1 Å². The van der Waals surface area contributed by atoms with E-state index in [1.165, 1.54) is 22.5 Å². The molecule has 27 heavy (non-hydrogen) atoms. The predicted molar refractivity (Wildman–Crippen MR) is 104 cm³/mol. The molecule has 1 atom stereocenters. The molecule has 1 aliphatic rings. The lowest BCUT2D eigenvalue weighted by Crippen LogP contribution is -2.28. The summed E-state index contributed by atoms with van der Waals surface area (Å²) >= 11 is 0. The van der Waals surface area contributed by atoms with Gasteiger partial charge < -0.3 is 10.4 Å². The van der Waals surface area contributed by atoms with Gasteiger partial charge in [-0.15, -0.1) is 0 Å². The Bertz CT molecular complexity index is 907. The number of nitrogens with zero attached hydrogens (tertiary/aromatic N) is 1. The van der Waals surface area contributed by atoms with Crippen LogP contribution in [0.15, 0.2) is 53.4 Å². The minimum absolute atomic E-state index is 0.0743. The first kappa shape index (κ1) is 19.4. The fourth-order valence-corrected chi connectivity index (χ4v) is 4.87. The van der Waals surface area contributed by atoms with Gasteiger partial charge in [0.1, 0.15) is 5.75 Å². The lowest BCUT2D eigenvalue weighted by Gasteiger charge is -2.18. The van der Waals surface area contributed by atoms with Gasteiger partial charge in [0, 0.05) is 13.1 Å². The number of nitrogens with one attached hydrogen (secondary N) is 1. The smallest absolute Gasteiger partial charge is 0.243 e. The Morgan fingerprint density at radius 3 is 2.44 bits per heavy atom. The second-order valence-electron chi connectivity index (χ2n) is 6.65. The molecule has 144 valence electrons. The van der Waals surface area contributed by atoms with Crippen LogP contribution in [0.1, 0.15) is 37.7 Å². The highest BCUT2D eigenvalue weighted by molar-refractivity contribution is 7.89. The number of hydrogen-bond donors (Lipinski definition) is 2. The summed E-state index contributed by atoms with van der Waals surface area (Å²) in [5, 5.41) is 12.8. The number of anilines is 1. The van der Waals surface area contributed by atoms with Crippen molar-refractivity contribution in [2.45, 2.75) is 37.0 Å². The third-order valence-corrected chi connectivity index (χ3v) is 6.75. The van der Waals surface area contributed by atoms with Crippen LogP contribution in [0.5, 0.6) is 5.75 Å². The zero-order chi connectivity index (χ0) is 19.4. The molecular formula is C20H24N2O4S. The van der Waals surface area contributed by atoms with Crippen LogP contribution in [-0.4, -0.2) is 36.8 Å². The number of carbonyl (C=O) groups excluding carboxylic acids is 1. The largest absolute Gasteiger partial charge is 0.506 e. The Morgan fingerprint density at radius 1 is 1.15 bits per heavy atom. The van der Waals surface area contributed by atoms with Crippen LogP contribution >= 0.6 is 0 Å². The Morgan fingerprint density at radius 2 is 1.81 bits per heavy atom. The molecule has 0 aliphatic carbocycles. The van der Waals surface area contributed by atoms with Crippen molar-refractivity contribution >= 4 is 21.6 Å². The highest BCUT2D eigenvalue weighted by Gasteiger charge is 2.28. The van der Waals surface area contributed by atoms with Gasteiger partial charge in [-0.05, 0) is 43.0 Å². The van der Waals surface area contributed by atoms with E-state index in [0.29, 0.717) is 19.5 Å². The Kier molecular flexibility index (Phi) is 5.82. The molecular weight excluding hydrogens is 364 g/mol. The fraction of sp³-hybridized carbons (Fsp3) is 0.350. The molecule has 1 fully saturated rings. The van der Waals surface area contributed by atoms with Gasteiger partial charge in [-0.1, -0.05) is 37.3 Å². The molecule has 0 radical (unpaired) electrons. The number of sulfonamides is 1. The minimum Gasteiger partial charge on any atom is -0.506 e. The number of carbonyl (C=O) groups is 1. The van der Waals surface area contributed by atoms with Gasteiger partial charge in [0.05, 0.1) is 16.5 Å². The predicted octanol–water partition coefficient (Wildman–Crippen LogP) is 3.31. The average molecular weight is 388 g/mol. The van der Waals surface area contributed by atoms with Gasteiger partial charge in [-0.2, -0.15) is 4.31 Å². The van der Waals surface area contributed by atoms with Crippen LogP contribution in [-0.2, 0) is 14.8 Å². The summed E-state index contributed by atoms with van der Waals surface area (Å²) < 4.78 is 26.9. The Balaban J connectivity index is 1.85. The van der Waals surface area contributed by atoms with Gasteiger partial charge in [-0.3, -0.25) is 4.79 Å². The molecule has 2 aromatic carbocycles. The van der Waals surface area contributed by atoms with Crippen LogP contribution in [0.4, 0.5) is 5.69 Å². The monoisotopic (exact) mass is 388 g/mol. The van der Waals surface area contributed by atoms with Crippen LogP contribution < -0.4 is 5.32 Å². The van der Waals surface area contributed by atoms with E-state index in [0.717, 1.165) is 18.4 Å². The Labute approximate surface area is 159 Å². The summed E-state index contributed by atoms with van der Waals surface area (Å²) in [6, 6.07) is 13.4. The number of benzene rings is 2. The van der Waals surface area contributed by atoms with Crippen LogP contribution in [0, 0.1) is 0 Å². The fourth-order valence-electron chi connectivity index (χ4n) is 3.33. The summed E-state index contributed by atoms with van der Waals surface area (Å²) in [5.41, 5.74) is 0.979. The summed E-state index contributed by atoms with van der Waals surface area (Å²) in [4.78, 5) is 12.8. The molecule has 1 amide bonds. The molecule has 6 nitrogen and oxygen atoms in total. The van der Waals surface area contributed by atoms with Crippen molar-refractivity contribution in [1.29, 1.82) is 0 Å². The normalized spacial score (nSPS) is 16.2. The maximum Gasteiger partial charge on any atom is 0.243 e. The number of aromatic hydroxyl groups is 1. The van der Waals surface area contributed by atoms with Gasteiger partial charge in [0.2, 0.25) is 15.9 Å². The van der Waals surface area contributed by atoms with E-state index in [1.54, 1.807) is 0 Å². The number of rotatable bonds is 6. The highest BCUT2D eigenvalue weighted by atomic mass is 32.2. The van der Waals surface area contributed by atoms with Crippen molar-refractivity contribution in [3.8, 4) is 5.75 Å². The van der Waals surface area contributed by atoms with E-state index >= 15 is 0 Å². The van der Waals surface area contributed by atoms with Crippen LogP contribution in [0.2, 0.25) is 0 Å². The first-order chi connectivity index (χ1) is 12.9. The molecule has 0 aromatic heterocycles. The van der Waals surface area contributed by atoms with Crippen LogP contribution in [0.3, 0.4) is 0 Å². The number of phenols is 1. The molecule has 1 unspecified atom stereocenters. The lowest BCUT2D eigenvalue weighted by atomic mass is 9.95. The van der Waals surface area contributed by atoms with E-state index in [2.05, 4.69) is 5.32 Å². The van der Waals surface area contributed by atoms with Gasteiger partial charge in [-0.25, -0.2) is 8.42 Å². The van der Waals surface area contributed by atoms with Crippen molar-refractivity contribution in [3.63, 3.8) is 0 Å². The van der Waals surface area contributed by atoms with E-state index in [-0.39, 0.29) is 28.2 Å².